The summed E-state index contributed by atoms with van der Waals surface area (Å²) in [6.45, 7) is 3.70. The molecule has 2 aromatic carbocycles. The Morgan fingerprint density at radius 2 is 1.50 bits per heavy atom. The van der Waals surface area contributed by atoms with Crippen molar-refractivity contribution in [2.45, 2.75) is 75.3 Å². The zero-order valence-electron chi connectivity index (χ0n) is 20.4. The van der Waals surface area contributed by atoms with E-state index in [1.807, 2.05) is 13.8 Å². The number of hydrogen-bond donors (Lipinski definition) is 4. The predicted molar refractivity (Wildman–Crippen MR) is 130 cm³/mol. The van der Waals surface area contributed by atoms with E-state index in [1.54, 1.807) is 36.4 Å². The molecule has 6 nitrogen and oxygen atoms in total. The second-order valence-electron chi connectivity index (χ2n) is 10.6. The molecule has 9 heteroatoms. The number of carbonyl (C=O) groups excluding carboxylic acids is 1. The Bertz CT molecular complexity index is 1110. The summed E-state index contributed by atoms with van der Waals surface area (Å²) in [6.07, 6.45) is -1.97. The maximum absolute atomic E-state index is 14.1. The van der Waals surface area contributed by atoms with Gasteiger partial charge < -0.3 is 16.2 Å². The SMILES string of the molecule is CC(C)C[C@H](N[C@@H](c1ccc(-c2ccc(C3(C(=O)O)CC3)cc2)cc1)C(F)(F)F)C(=O)NC1(N)CC1. The van der Waals surface area contributed by atoms with Gasteiger partial charge in [-0.15, -0.1) is 0 Å². The Balaban J connectivity index is 1.53. The molecule has 2 atom stereocenters. The fraction of sp³-hybridized carbons (Fsp3) is 0.481. The molecule has 1 amide bonds. The van der Waals surface area contributed by atoms with Gasteiger partial charge in [0.15, 0.2) is 0 Å². The van der Waals surface area contributed by atoms with E-state index in [0.29, 0.717) is 31.2 Å². The molecule has 0 aliphatic heterocycles. The number of halogens is 3. The van der Waals surface area contributed by atoms with Crippen molar-refractivity contribution in [1.29, 1.82) is 0 Å². The van der Waals surface area contributed by atoms with E-state index < -0.39 is 41.2 Å². The summed E-state index contributed by atoms with van der Waals surface area (Å²) in [5.41, 5.74) is 6.55. The molecule has 0 bridgehead atoms. The van der Waals surface area contributed by atoms with Crippen molar-refractivity contribution in [2.75, 3.05) is 0 Å². The van der Waals surface area contributed by atoms with E-state index in [1.165, 1.54) is 12.1 Å². The third-order valence-electron chi connectivity index (χ3n) is 7.05. The minimum absolute atomic E-state index is 0.00104. The number of benzene rings is 2. The van der Waals surface area contributed by atoms with E-state index in [4.69, 9.17) is 5.73 Å². The highest BCUT2D eigenvalue weighted by atomic mass is 19.4. The third-order valence-corrected chi connectivity index (χ3v) is 7.05. The molecule has 36 heavy (non-hydrogen) atoms. The van der Waals surface area contributed by atoms with Gasteiger partial charge in [-0.25, -0.2) is 0 Å². The molecule has 0 heterocycles. The van der Waals surface area contributed by atoms with Crippen LogP contribution in [-0.2, 0) is 15.0 Å². The summed E-state index contributed by atoms with van der Waals surface area (Å²) in [5, 5.41) is 14.7. The maximum Gasteiger partial charge on any atom is 0.407 e. The van der Waals surface area contributed by atoms with Crippen molar-refractivity contribution in [2.24, 2.45) is 11.7 Å². The first-order valence-electron chi connectivity index (χ1n) is 12.2. The first-order chi connectivity index (χ1) is 16.8. The van der Waals surface area contributed by atoms with E-state index in [-0.39, 0.29) is 17.9 Å². The van der Waals surface area contributed by atoms with Crippen LogP contribution in [-0.4, -0.2) is 34.9 Å². The molecule has 0 spiro atoms. The summed E-state index contributed by atoms with van der Waals surface area (Å²) in [6, 6.07) is 10.1. The van der Waals surface area contributed by atoms with Crippen LogP contribution < -0.4 is 16.4 Å². The van der Waals surface area contributed by atoms with Crippen LogP contribution in [0.1, 0.15) is 63.1 Å². The lowest BCUT2D eigenvalue weighted by Crippen LogP contribution is -2.54. The van der Waals surface area contributed by atoms with Gasteiger partial charge in [0.2, 0.25) is 5.91 Å². The fourth-order valence-corrected chi connectivity index (χ4v) is 4.50. The molecule has 2 aliphatic carbocycles. The first-order valence-corrected chi connectivity index (χ1v) is 12.2. The molecule has 194 valence electrons. The van der Waals surface area contributed by atoms with Crippen LogP contribution in [0.4, 0.5) is 13.2 Å². The molecule has 0 aromatic heterocycles. The number of nitrogens with two attached hydrogens (primary N) is 1. The Kier molecular flexibility index (Phi) is 6.92. The highest BCUT2D eigenvalue weighted by Gasteiger charge is 2.51. The highest BCUT2D eigenvalue weighted by Crippen LogP contribution is 2.48. The average molecular weight is 504 g/mol. The van der Waals surface area contributed by atoms with Gasteiger partial charge in [-0.3, -0.25) is 14.9 Å². The van der Waals surface area contributed by atoms with Crippen LogP contribution >= 0.6 is 0 Å². The summed E-state index contributed by atoms with van der Waals surface area (Å²) >= 11 is 0. The van der Waals surface area contributed by atoms with Crippen LogP contribution in [0.5, 0.6) is 0 Å². The van der Waals surface area contributed by atoms with Crippen molar-refractivity contribution in [3.63, 3.8) is 0 Å². The number of carboxylic acid groups (broad SMARTS) is 1. The lowest BCUT2D eigenvalue weighted by molar-refractivity contribution is -0.161. The van der Waals surface area contributed by atoms with E-state index in [0.717, 1.165) is 11.1 Å². The maximum atomic E-state index is 14.1. The number of hydrogen-bond acceptors (Lipinski definition) is 4. The molecule has 4 rings (SSSR count). The van der Waals surface area contributed by atoms with Gasteiger partial charge in [0.05, 0.1) is 17.1 Å². The molecular weight excluding hydrogens is 471 g/mol. The molecule has 0 unspecified atom stereocenters. The number of amides is 1. The van der Waals surface area contributed by atoms with Gasteiger partial charge in [0.25, 0.3) is 0 Å². The molecule has 2 aliphatic rings. The quantitative estimate of drug-likeness (QED) is 0.354. The number of carboxylic acids is 1. The van der Waals surface area contributed by atoms with Crippen molar-refractivity contribution >= 4 is 11.9 Å². The number of alkyl halides is 3. The van der Waals surface area contributed by atoms with Gasteiger partial charge >= 0.3 is 12.1 Å². The van der Waals surface area contributed by atoms with Crippen LogP contribution in [0.3, 0.4) is 0 Å². The van der Waals surface area contributed by atoms with Gasteiger partial charge in [-0.05, 0) is 60.3 Å². The minimum atomic E-state index is -4.62. The normalized spacial score (nSPS) is 19.4. The smallest absolute Gasteiger partial charge is 0.407 e. The molecule has 2 saturated carbocycles. The zero-order chi connectivity index (χ0) is 26.3. The first kappa shape index (κ1) is 26.2. The lowest BCUT2D eigenvalue weighted by atomic mass is 9.93. The summed E-state index contributed by atoms with van der Waals surface area (Å²) in [5.74, 6) is -1.37. The second kappa shape index (κ2) is 9.52. The van der Waals surface area contributed by atoms with Crippen LogP contribution in [0, 0.1) is 5.92 Å². The van der Waals surface area contributed by atoms with E-state index >= 15 is 0 Å². The van der Waals surface area contributed by atoms with Crippen molar-refractivity contribution in [1.82, 2.24) is 10.6 Å². The number of rotatable bonds is 10. The Hall–Kier alpha value is -2.91. The third kappa shape index (κ3) is 5.73. The summed E-state index contributed by atoms with van der Waals surface area (Å²) < 4.78 is 42.3. The Labute approximate surface area is 208 Å². The lowest BCUT2D eigenvalue weighted by Gasteiger charge is -2.29. The van der Waals surface area contributed by atoms with Crippen LogP contribution in [0.25, 0.3) is 11.1 Å². The standard InChI is InChI=1S/C27H32F3N3O3/c1-16(2)15-21(23(34)33-26(31)13-14-26)32-22(27(28,29)30)19-5-3-17(4-6-19)18-7-9-20(10-8-18)25(11-12-25)24(35)36/h3-10,16,21-22,32H,11-15,31H2,1-2H3,(H,33,34)(H,35,36)/t21-,22-/m0/s1. The minimum Gasteiger partial charge on any atom is -0.481 e. The van der Waals surface area contributed by atoms with E-state index in [9.17, 15) is 27.9 Å². The van der Waals surface area contributed by atoms with Gasteiger partial charge in [0.1, 0.15) is 6.04 Å². The topological polar surface area (TPSA) is 104 Å². The largest absolute Gasteiger partial charge is 0.481 e. The predicted octanol–water partition coefficient (Wildman–Crippen LogP) is 4.64. The zero-order valence-corrected chi connectivity index (χ0v) is 20.4. The van der Waals surface area contributed by atoms with Crippen molar-refractivity contribution < 1.29 is 27.9 Å². The van der Waals surface area contributed by atoms with Crippen molar-refractivity contribution in [3.05, 3.63) is 59.7 Å². The molecule has 0 radical (unpaired) electrons. The van der Waals surface area contributed by atoms with Gasteiger partial charge in [-0.1, -0.05) is 62.4 Å². The number of nitrogens with one attached hydrogen (secondary N) is 2. The highest BCUT2D eigenvalue weighted by molar-refractivity contribution is 5.85. The monoisotopic (exact) mass is 503 g/mol. The molecule has 2 aromatic rings. The Morgan fingerprint density at radius 1 is 0.972 bits per heavy atom. The Morgan fingerprint density at radius 3 is 1.92 bits per heavy atom. The van der Waals surface area contributed by atoms with Crippen molar-refractivity contribution in [3.8, 4) is 11.1 Å². The molecule has 5 N–H and O–H groups in total. The summed E-state index contributed by atoms with van der Waals surface area (Å²) in [4.78, 5) is 24.3. The number of carbonyl (C=O) groups is 2. The van der Waals surface area contributed by atoms with Crippen LogP contribution in [0.2, 0.25) is 0 Å². The number of aliphatic carboxylic acids is 1. The average Bonchev–Trinajstić information content (AvgIpc) is 3.73. The van der Waals surface area contributed by atoms with Gasteiger partial charge in [0, 0.05) is 0 Å². The fourth-order valence-electron chi connectivity index (χ4n) is 4.50. The van der Waals surface area contributed by atoms with Crippen LogP contribution in [0.15, 0.2) is 48.5 Å². The molecule has 0 saturated heterocycles. The van der Waals surface area contributed by atoms with E-state index in [2.05, 4.69) is 10.6 Å². The summed E-state index contributed by atoms with van der Waals surface area (Å²) in [7, 11) is 0. The molecule has 2 fully saturated rings. The van der Waals surface area contributed by atoms with Gasteiger partial charge in [-0.2, -0.15) is 13.2 Å². The molecular formula is C27H32F3N3O3. The second-order valence-corrected chi connectivity index (χ2v) is 10.6.